The SMILES string of the molecule is Cc1ccsc1/C=C1/SC(N2CCC(Cc3ccccc3)CC2)=NC1=O. The van der Waals surface area contributed by atoms with E-state index in [4.69, 9.17) is 0 Å². The number of hydrogen-bond acceptors (Lipinski definition) is 4. The van der Waals surface area contributed by atoms with Crippen molar-refractivity contribution in [2.24, 2.45) is 10.9 Å². The molecule has 2 aromatic rings. The normalized spacial score (nSPS) is 20.0. The minimum atomic E-state index is -0.0933. The first-order chi connectivity index (χ1) is 12.7. The number of carbonyl (C=O) groups is 1. The predicted molar refractivity (Wildman–Crippen MR) is 112 cm³/mol. The highest BCUT2D eigenvalue weighted by molar-refractivity contribution is 8.18. The zero-order chi connectivity index (χ0) is 17.9. The van der Waals surface area contributed by atoms with Gasteiger partial charge in [-0.2, -0.15) is 4.99 Å². The molecule has 1 amide bonds. The molecule has 1 saturated heterocycles. The lowest BCUT2D eigenvalue weighted by atomic mass is 9.90. The van der Waals surface area contributed by atoms with E-state index in [-0.39, 0.29) is 5.91 Å². The second-order valence-corrected chi connectivity index (χ2v) is 8.85. The highest BCUT2D eigenvalue weighted by Crippen LogP contribution is 2.34. The number of thiophene rings is 1. The van der Waals surface area contributed by atoms with Crippen LogP contribution in [0.4, 0.5) is 0 Å². The first kappa shape index (κ1) is 17.6. The van der Waals surface area contributed by atoms with Gasteiger partial charge in [0.2, 0.25) is 0 Å². The summed E-state index contributed by atoms with van der Waals surface area (Å²) >= 11 is 3.20. The van der Waals surface area contributed by atoms with E-state index < -0.39 is 0 Å². The standard InChI is InChI=1S/C21H22N2OS2/c1-15-9-12-25-18(15)14-19-20(24)22-21(26-19)23-10-7-17(8-11-23)13-16-5-3-2-4-6-16/h2-6,9,12,14,17H,7-8,10-11,13H2,1H3/b19-14+. The van der Waals surface area contributed by atoms with Crippen molar-refractivity contribution in [3.8, 4) is 0 Å². The van der Waals surface area contributed by atoms with E-state index in [1.165, 1.54) is 22.9 Å². The van der Waals surface area contributed by atoms with Crippen LogP contribution >= 0.6 is 23.1 Å². The molecule has 1 fully saturated rings. The van der Waals surface area contributed by atoms with Crippen LogP contribution in [0.25, 0.3) is 6.08 Å². The summed E-state index contributed by atoms with van der Waals surface area (Å²) in [7, 11) is 0. The third-order valence-electron chi connectivity index (χ3n) is 5.03. The van der Waals surface area contributed by atoms with Crippen LogP contribution in [-0.2, 0) is 11.2 Å². The number of carbonyl (C=O) groups excluding carboxylic acids is 1. The van der Waals surface area contributed by atoms with Crippen LogP contribution in [0, 0.1) is 12.8 Å². The molecule has 1 aromatic heterocycles. The van der Waals surface area contributed by atoms with E-state index in [2.05, 4.69) is 58.6 Å². The quantitative estimate of drug-likeness (QED) is 0.702. The van der Waals surface area contributed by atoms with Crippen LogP contribution in [-0.4, -0.2) is 29.1 Å². The fraction of sp³-hybridized carbons (Fsp3) is 0.333. The fourth-order valence-corrected chi connectivity index (χ4v) is 5.34. The number of likely N-dealkylation sites (tertiary alicyclic amines) is 1. The number of rotatable bonds is 3. The molecule has 0 atom stereocenters. The monoisotopic (exact) mass is 382 g/mol. The van der Waals surface area contributed by atoms with E-state index >= 15 is 0 Å². The number of aryl methyl sites for hydroxylation is 1. The van der Waals surface area contributed by atoms with Gasteiger partial charge >= 0.3 is 0 Å². The maximum absolute atomic E-state index is 12.3. The Morgan fingerprint density at radius 2 is 1.96 bits per heavy atom. The van der Waals surface area contributed by atoms with Gasteiger partial charge in [0.25, 0.3) is 5.91 Å². The lowest BCUT2D eigenvalue weighted by Gasteiger charge is -2.32. The minimum absolute atomic E-state index is 0.0933. The van der Waals surface area contributed by atoms with Gasteiger partial charge in [-0.3, -0.25) is 4.79 Å². The topological polar surface area (TPSA) is 32.7 Å². The molecule has 0 N–H and O–H groups in total. The first-order valence-electron chi connectivity index (χ1n) is 9.04. The fourth-order valence-electron chi connectivity index (χ4n) is 3.46. The van der Waals surface area contributed by atoms with Gasteiger partial charge in [0.05, 0.1) is 4.91 Å². The Morgan fingerprint density at radius 1 is 1.19 bits per heavy atom. The number of piperidine rings is 1. The number of benzene rings is 1. The van der Waals surface area contributed by atoms with Crippen molar-refractivity contribution in [2.75, 3.05) is 13.1 Å². The minimum Gasteiger partial charge on any atom is -0.351 e. The largest absolute Gasteiger partial charge is 0.351 e. The Balaban J connectivity index is 1.35. The van der Waals surface area contributed by atoms with Gasteiger partial charge in [0.15, 0.2) is 5.17 Å². The van der Waals surface area contributed by atoms with Gasteiger partial charge < -0.3 is 4.90 Å². The highest BCUT2D eigenvalue weighted by atomic mass is 32.2. The molecule has 3 nitrogen and oxygen atoms in total. The molecule has 0 saturated carbocycles. The summed E-state index contributed by atoms with van der Waals surface area (Å²) in [4.78, 5) is 20.8. The van der Waals surface area contributed by atoms with Crippen LogP contribution in [0.2, 0.25) is 0 Å². The van der Waals surface area contributed by atoms with Crippen molar-refractivity contribution in [2.45, 2.75) is 26.2 Å². The number of hydrogen-bond donors (Lipinski definition) is 0. The molecule has 4 rings (SSSR count). The van der Waals surface area contributed by atoms with Gasteiger partial charge in [-0.1, -0.05) is 30.3 Å². The summed E-state index contributed by atoms with van der Waals surface area (Å²) < 4.78 is 0. The highest BCUT2D eigenvalue weighted by Gasteiger charge is 2.29. The van der Waals surface area contributed by atoms with Crippen molar-refractivity contribution in [1.82, 2.24) is 4.90 Å². The van der Waals surface area contributed by atoms with Gasteiger partial charge in [-0.25, -0.2) is 0 Å². The van der Waals surface area contributed by atoms with Crippen molar-refractivity contribution in [1.29, 1.82) is 0 Å². The van der Waals surface area contributed by atoms with E-state index in [0.717, 1.165) is 53.2 Å². The smallest absolute Gasteiger partial charge is 0.286 e. The molecule has 134 valence electrons. The van der Waals surface area contributed by atoms with Crippen molar-refractivity contribution in [3.63, 3.8) is 0 Å². The predicted octanol–water partition coefficient (Wildman–Crippen LogP) is 4.98. The number of thioether (sulfide) groups is 1. The molecular weight excluding hydrogens is 360 g/mol. The van der Waals surface area contributed by atoms with E-state index in [0.29, 0.717) is 0 Å². The number of aliphatic imine (C=N–C) groups is 1. The summed E-state index contributed by atoms with van der Waals surface area (Å²) in [6, 6.07) is 12.8. The Morgan fingerprint density at radius 3 is 2.65 bits per heavy atom. The molecule has 5 heteroatoms. The second-order valence-electron chi connectivity index (χ2n) is 6.90. The summed E-state index contributed by atoms with van der Waals surface area (Å²) in [6.07, 6.45) is 5.46. The zero-order valence-electron chi connectivity index (χ0n) is 14.9. The molecule has 1 aromatic carbocycles. The molecule has 2 aliphatic rings. The van der Waals surface area contributed by atoms with Crippen LogP contribution in [0.5, 0.6) is 0 Å². The Bertz CT molecular complexity index is 846. The molecule has 26 heavy (non-hydrogen) atoms. The molecule has 0 radical (unpaired) electrons. The lowest BCUT2D eigenvalue weighted by Crippen LogP contribution is -2.37. The Labute approximate surface area is 162 Å². The van der Waals surface area contributed by atoms with Crippen molar-refractivity contribution < 1.29 is 4.79 Å². The lowest BCUT2D eigenvalue weighted by molar-refractivity contribution is -0.113. The third kappa shape index (κ3) is 3.94. The van der Waals surface area contributed by atoms with Gasteiger partial charge in [-0.15, -0.1) is 11.3 Å². The van der Waals surface area contributed by atoms with E-state index in [1.54, 1.807) is 11.3 Å². The second kappa shape index (κ2) is 7.80. The number of amides is 1. The molecule has 2 aliphatic heterocycles. The van der Waals surface area contributed by atoms with E-state index in [1.807, 2.05) is 6.08 Å². The summed E-state index contributed by atoms with van der Waals surface area (Å²) in [5.41, 5.74) is 2.64. The Hall–Kier alpha value is -1.85. The zero-order valence-corrected chi connectivity index (χ0v) is 16.5. The number of nitrogens with zero attached hydrogens (tertiary/aromatic N) is 2. The van der Waals surface area contributed by atoms with Crippen LogP contribution in [0.1, 0.15) is 28.8 Å². The van der Waals surface area contributed by atoms with Crippen LogP contribution in [0.3, 0.4) is 0 Å². The van der Waals surface area contributed by atoms with Crippen LogP contribution in [0.15, 0.2) is 51.7 Å². The third-order valence-corrected chi connectivity index (χ3v) is 7.04. The Kier molecular flexibility index (Phi) is 5.27. The van der Waals surface area contributed by atoms with Crippen molar-refractivity contribution in [3.05, 3.63) is 62.7 Å². The average Bonchev–Trinajstić information content (AvgIpc) is 3.23. The molecular formula is C21H22N2OS2. The number of amidine groups is 1. The maximum Gasteiger partial charge on any atom is 0.286 e. The summed E-state index contributed by atoms with van der Waals surface area (Å²) in [5.74, 6) is 0.629. The van der Waals surface area contributed by atoms with E-state index in [9.17, 15) is 4.79 Å². The average molecular weight is 383 g/mol. The van der Waals surface area contributed by atoms with Gasteiger partial charge in [-0.05, 0) is 72.5 Å². The molecule has 3 heterocycles. The molecule has 0 aliphatic carbocycles. The maximum atomic E-state index is 12.3. The summed E-state index contributed by atoms with van der Waals surface area (Å²) in [5, 5.41) is 2.94. The van der Waals surface area contributed by atoms with Gasteiger partial charge in [0, 0.05) is 18.0 Å². The molecule has 0 unspecified atom stereocenters. The van der Waals surface area contributed by atoms with Crippen molar-refractivity contribution >= 4 is 40.2 Å². The van der Waals surface area contributed by atoms with Crippen LogP contribution < -0.4 is 0 Å². The molecule has 0 bridgehead atoms. The summed E-state index contributed by atoms with van der Waals surface area (Å²) in [6.45, 7) is 4.05. The van der Waals surface area contributed by atoms with Gasteiger partial charge in [0.1, 0.15) is 0 Å². The first-order valence-corrected chi connectivity index (χ1v) is 10.7. The molecule has 0 spiro atoms.